The van der Waals surface area contributed by atoms with Gasteiger partial charge < -0.3 is 5.11 Å². The van der Waals surface area contributed by atoms with Crippen LogP contribution >= 0.6 is 11.6 Å². The van der Waals surface area contributed by atoms with Crippen molar-refractivity contribution in [2.24, 2.45) is 0 Å². The molecule has 1 nitrogen and oxygen atoms in total. The fourth-order valence-electron chi connectivity index (χ4n) is 1.39. The predicted molar refractivity (Wildman–Crippen MR) is 60.6 cm³/mol. The average molecular weight is 211 g/mol. The van der Waals surface area contributed by atoms with Gasteiger partial charge in [-0.05, 0) is 38.0 Å². The van der Waals surface area contributed by atoms with Crippen molar-refractivity contribution in [2.45, 2.75) is 26.4 Å². The number of allylic oxidation sites excluding steroid dienone is 1. The van der Waals surface area contributed by atoms with Gasteiger partial charge in [-0.2, -0.15) is 0 Å². The molecule has 0 bridgehead atoms. The number of hydrogen-bond acceptors (Lipinski definition) is 1. The number of aliphatic hydroxyl groups is 1. The Morgan fingerprint density at radius 2 is 2.00 bits per heavy atom. The third-order valence-electron chi connectivity index (χ3n) is 1.92. The highest BCUT2D eigenvalue weighted by molar-refractivity contribution is 6.30. The van der Waals surface area contributed by atoms with Gasteiger partial charge in [0.05, 0.1) is 6.10 Å². The van der Waals surface area contributed by atoms with Crippen molar-refractivity contribution in [1.29, 1.82) is 0 Å². The standard InChI is InChI=1S/C12H15ClO/c1-9(7-10(2)14)8-11-3-5-12(13)6-4-11/h3-7,10,14H,8H2,1-2H3/b9-7-. The fourth-order valence-corrected chi connectivity index (χ4v) is 1.52. The zero-order valence-electron chi connectivity index (χ0n) is 8.50. The van der Waals surface area contributed by atoms with E-state index in [-0.39, 0.29) is 6.10 Å². The monoisotopic (exact) mass is 210 g/mol. The maximum Gasteiger partial charge on any atom is 0.0695 e. The smallest absolute Gasteiger partial charge is 0.0695 e. The molecule has 0 heterocycles. The molecule has 0 amide bonds. The van der Waals surface area contributed by atoms with Crippen LogP contribution in [0.25, 0.3) is 0 Å². The molecule has 0 fully saturated rings. The zero-order valence-corrected chi connectivity index (χ0v) is 9.25. The van der Waals surface area contributed by atoms with Crippen molar-refractivity contribution in [2.75, 3.05) is 0 Å². The van der Waals surface area contributed by atoms with E-state index in [1.165, 1.54) is 11.1 Å². The van der Waals surface area contributed by atoms with Crippen LogP contribution < -0.4 is 0 Å². The number of benzene rings is 1. The second-order valence-electron chi connectivity index (χ2n) is 3.56. The van der Waals surface area contributed by atoms with Gasteiger partial charge in [0.1, 0.15) is 0 Å². The number of aliphatic hydroxyl groups excluding tert-OH is 1. The molecule has 1 atom stereocenters. The Hall–Kier alpha value is -0.790. The Morgan fingerprint density at radius 1 is 1.43 bits per heavy atom. The molecule has 0 spiro atoms. The summed E-state index contributed by atoms with van der Waals surface area (Å²) < 4.78 is 0. The lowest BCUT2D eigenvalue weighted by Gasteiger charge is -2.03. The van der Waals surface area contributed by atoms with Gasteiger partial charge in [-0.3, -0.25) is 0 Å². The van der Waals surface area contributed by atoms with Crippen LogP contribution in [0.3, 0.4) is 0 Å². The van der Waals surface area contributed by atoms with Crippen LogP contribution in [-0.4, -0.2) is 11.2 Å². The quantitative estimate of drug-likeness (QED) is 0.760. The molecule has 1 unspecified atom stereocenters. The summed E-state index contributed by atoms with van der Waals surface area (Å²) in [5, 5.41) is 9.90. The summed E-state index contributed by atoms with van der Waals surface area (Å²) in [6.07, 6.45) is 2.35. The molecule has 0 saturated heterocycles. The van der Waals surface area contributed by atoms with Crippen molar-refractivity contribution >= 4 is 11.6 Å². The van der Waals surface area contributed by atoms with Crippen molar-refractivity contribution in [1.82, 2.24) is 0 Å². The van der Waals surface area contributed by atoms with Gasteiger partial charge in [-0.1, -0.05) is 35.4 Å². The Labute approximate surface area is 90.0 Å². The number of rotatable bonds is 3. The maximum atomic E-state index is 9.15. The minimum atomic E-state index is -0.373. The van der Waals surface area contributed by atoms with Gasteiger partial charge in [0.15, 0.2) is 0 Å². The molecule has 1 N–H and O–H groups in total. The first kappa shape index (κ1) is 11.3. The summed E-state index contributed by atoms with van der Waals surface area (Å²) in [4.78, 5) is 0. The maximum absolute atomic E-state index is 9.15. The molecule has 0 aliphatic heterocycles. The third-order valence-corrected chi connectivity index (χ3v) is 2.17. The van der Waals surface area contributed by atoms with Crippen LogP contribution in [0.2, 0.25) is 5.02 Å². The summed E-state index contributed by atoms with van der Waals surface area (Å²) >= 11 is 5.78. The topological polar surface area (TPSA) is 20.2 Å². The highest BCUT2D eigenvalue weighted by Crippen LogP contribution is 2.13. The molecular weight excluding hydrogens is 196 g/mol. The van der Waals surface area contributed by atoms with Crippen LogP contribution in [0.4, 0.5) is 0 Å². The SMILES string of the molecule is C/C(=C/C(C)O)Cc1ccc(Cl)cc1. The van der Waals surface area contributed by atoms with Gasteiger partial charge in [0, 0.05) is 5.02 Å². The van der Waals surface area contributed by atoms with E-state index < -0.39 is 0 Å². The predicted octanol–water partition coefficient (Wildman–Crippen LogP) is 3.21. The Kier molecular flexibility index (Phi) is 4.18. The Bertz CT molecular complexity index is 312. The van der Waals surface area contributed by atoms with Crippen molar-refractivity contribution < 1.29 is 5.11 Å². The Balaban J connectivity index is 2.65. The molecular formula is C12H15ClO. The minimum absolute atomic E-state index is 0.373. The summed E-state index contributed by atoms with van der Waals surface area (Å²) in [7, 11) is 0. The molecule has 0 saturated carbocycles. The summed E-state index contributed by atoms with van der Waals surface area (Å²) in [6.45, 7) is 3.77. The summed E-state index contributed by atoms with van der Waals surface area (Å²) in [6, 6.07) is 7.77. The van der Waals surface area contributed by atoms with Crippen LogP contribution in [0.1, 0.15) is 19.4 Å². The van der Waals surface area contributed by atoms with E-state index in [1.807, 2.05) is 37.3 Å². The summed E-state index contributed by atoms with van der Waals surface area (Å²) in [5.41, 5.74) is 2.38. The zero-order chi connectivity index (χ0) is 10.6. The molecule has 0 aliphatic rings. The van der Waals surface area contributed by atoms with Gasteiger partial charge >= 0.3 is 0 Å². The van der Waals surface area contributed by atoms with E-state index in [1.54, 1.807) is 6.92 Å². The fraction of sp³-hybridized carbons (Fsp3) is 0.333. The minimum Gasteiger partial charge on any atom is -0.389 e. The lowest BCUT2D eigenvalue weighted by Crippen LogP contribution is -1.96. The highest BCUT2D eigenvalue weighted by Gasteiger charge is 1.96. The molecule has 1 aromatic carbocycles. The highest BCUT2D eigenvalue weighted by atomic mass is 35.5. The molecule has 0 aromatic heterocycles. The first-order chi connectivity index (χ1) is 6.58. The van der Waals surface area contributed by atoms with E-state index >= 15 is 0 Å². The van der Waals surface area contributed by atoms with Gasteiger partial charge in [0.25, 0.3) is 0 Å². The molecule has 14 heavy (non-hydrogen) atoms. The largest absolute Gasteiger partial charge is 0.389 e. The van der Waals surface area contributed by atoms with Crippen LogP contribution in [0, 0.1) is 0 Å². The number of halogens is 1. The van der Waals surface area contributed by atoms with Crippen LogP contribution in [0.15, 0.2) is 35.9 Å². The van der Waals surface area contributed by atoms with Crippen molar-refractivity contribution in [3.8, 4) is 0 Å². The number of hydrogen-bond donors (Lipinski definition) is 1. The first-order valence-corrected chi connectivity index (χ1v) is 5.05. The first-order valence-electron chi connectivity index (χ1n) is 4.68. The molecule has 1 aromatic rings. The Morgan fingerprint density at radius 3 is 2.50 bits per heavy atom. The van der Waals surface area contributed by atoms with E-state index in [4.69, 9.17) is 16.7 Å². The second kappa shape index (κ2) is 5.18. The van der Waals surface area contributed by atoms with Gasteiger partial charge in [-0.25, -0.2) is 0 Å². The van der Waals surface area contributed by atoms with Gasteiger partial charge in [0.2, 0.25) is 0 Å². The van der Waals surface area contributed by atoms with Crippen molar-refractivity contribution in [3.05, 3.63) is 46.5 Å². The van der Waals surface area contributed by atoms with Crippen LogP contribution in [0.5, 0.6) is 0 Å². The van der Waals surface area contributed by atoms with E-state index in [2.05, 4.69) is 0 Å². The normalized spacial score (nSPS) is 14.1. The lowest BCUT2D eigenvalue weighted by atomic mass is 10.1. The molecule has 76 valence electrons. The molecule has 2 heteroatoms. The molecule has 0 aliphatic carbocycles. The van der Waals surface area contributed by atoms with E-state index in [0.29, 0.717) is 0 Å². The molecule has 1 rings (SSSR count). The third kappa shape index (κ3) is 3.95. The van der Waals surface area contributed by atoms with E-state index in [0.717, 1.165) is 11.4 Å². The van der Waals surface area contributed by atoms with E-state index in [9.17, 15) is 0 Å². The van der Waals surface area contributed by atoms with Crippen molar-refractivity contribution in [3.63, 3.8) is 0 Å². The molecule has 0 radical (unpaired) electrons. The summed E-state index contributed by atoms with van der Waals surface area (Å²) in [5.74, 6) is 0. The lowest BCUT2D eigenvalue weighted by molar-refractivity contribution is 0.243. The average Bonchev–Trinajstić information content (AvgIpc) is 2.07. The second-order valence-corrected chi connectivity index (χ2v) is 3.99. The van der Waals surface area contributed by atoms with Crippen LogP contribution in [-0.2, 0) is 6.42 Å². The van der Waals surface area contributed by atoms with Gasteiger partial charge in [-0.15, -0.1) is 0 Å².